The van der Waals surface area contributed by atoms with Crippen molar-refractivity contribution in [3.8, 4) is 0 Å². The van der Waals surface area contributed by atoms with Crippen molar-refractivity contribution in [3.63, 3.8) is 0 Å². The van der Waals surface area contributed by atoms with Crippen LogP contribution in [0, 0.1) is 0 Å². The number of carbonyl (C=O) groups excluding carboxylic acids is 2. The maximum absolute atomic E-state index is 12.6. The number of hydrogen-bond acceptors (Lipinski definition) is 9. The van der Waals surface area contributed by atoms with E-state index in [9.17, 15) is 24.2 Å². The van der Waals surface area contributed by atoms with Crippen LogP contribution in [0.15, 0.2) is 36.5 Å². The zero-order chi connectivity index (χ0) is 38.4. The molecule has 3 unspecified atom stereocenters. The first-order valence-electron chi connectivity index (χ1n) is 20.6. The predicted molar refractivity (Wildman–Crippen MR) is 212 cm³/mol. The Hall–Kier alpha value is -1.81. The van der Waals surface area contributed by atoms with Crippen LogP contribution in [0.1, 0.15) is 174 Å². The molecule has 0 heterocycles. The average Bonchev–Trinajstić information content (AvgIpc) is 3.12. The number of aliphatic hydroxyl groups is 1. The summed E-state index contributed by atoms with van der Waals surface area (Å²) in [6, 6.07) is 0. The number of phosphoric ester groups is 1. The molecule has 0 aliphatic carbocycles. The van der Waals surface area contributed by atoms with Crippen molar-refractivity contribution in [2.75, 3.05) is 26.4 Å². The molecule has 0 saturated carbocycles. The fourth-order valence-corrected chi connectivity index (χ4v) is 6.24. The van der Waals surface area contributed by atoms with Crippen molar-refractivity contribution in [2.24, 2.45) is 5.73 Å². The molecule has 0 aliphatic heterocycles. The highest BCUT2D eigenvalue weighted by Gasteiger charge is 2.26. The average molecular weight is 758 g/mol. The summed E-state index contributed by atoms with van der Waals surface area (Å²) >= 11 is 0. The van der Waals surface area contributed by atoms with Crippen molar-refractivity contribution < 1.29 is 42.7 Å². The summed E-state index contributed by atoms with van der Waals surface area (Å²) in [5.74, 6) is -0.911. The third kappa shape index (κ3) is 36.5. The number of allylic oxidation sites excluding steroid dienone is 5. The van der Waals surface area contributed by atoms with Gasteiger partial charge < -0.3 is 25.2 Å². The van der Waals surface area contributed by atoms with Crippen molar-refractivity contribution in [1.29, 1.82) is 0 Å². The van der Waals surface area contributed by atoms with Crippen molar-refractivity contribution >= 4 is 19.8 Å². The maximum Gasteiger partial charge on any atom is 0.472 e. The summed E-state index contributed by atoms with van der Waals surface area (Å²) in [6.45, 7) is 3.55. The van der Waals surface area contributed by atoms with Gasteiger partial charge in [0.2, 0.25) is 0 Å². The van der Waals surface area contributed by atoms with Crippen LogP contribution in [0.4, 0.5) is 0 Å². The smallest absolute Gasteiger partial charge is 0.462 e. The van der Waals surface area contributed by atoms with Gasteiger partial charge in [-0.1, -0.05) is 140 Å². The van der Waals surface area contributed by atoms with Gasteiger partial charge in [0.15, 0.2) is 6.10 Å². The molecule has 0 spiro atoms. The van der Waals surface area contributed by atoms with E-state index in [0.29, 0.717) is 19.3 Å². The van der Waals surface area contributed by atoms with Gasteiger partial charge in [0.25, 0.3) is 0 Å². The first-order chi connectivity index (χ1) is 25.2. The Morgan fingerprint density at radius 3 is 1.81 bits per heavy atom. The quantitative estimate of drug-likeness (QED) is 0.0182. The summed E-state index contributed by atoms with van der Waals surface area (Å²) in [5, 5.41) is 10.1. The van der Waals surface area contributed by atoms with Crippen LogP contribution in [-0.2, 0) is 32.7 Å². The SMILES string of the molecule is CCCCCC=CC=CC(O)CCCCCCCC(=O)OC(COC(=O)CCCCCCCC=CCCCCCCCC)COP(=O)(O)OCCN. The molecule has 0 aromatic carbocycles. The van der Waals surface area contributed by atoms with Crippen LogP contribution in [-0.4, -0.2) is 60.5 Å². The van der Waals surface area contributed by atoms with Gasteiger partial charge in [-0.2, -0.15) is 0 Å². The van der Waals surface area contributed by atoms with Crippen molar-refractivity contribution in [2.45, 2.75) is 187 Å². The fourth-order valence-electron chi connectivity index (χ4n) is 5.47. The van der Waals surface area contributed by atoms with Crippen molar-refractivity contribution in [1.82, 2.24) is 0 Å². The van der Waals surface area contributed by atoms with Crippen LogP contribution in [0.25, 0.3) is 0 Å². The Bertz CT molecular complexity index is 972. The molecular weight excluding hydrogens is 681 g/mol. The molecule has 0 aromatic rings. The van der Waals surface area contributed by atoms with Gasteiger partial charge >= 0.3 is 19.8 Å². The van der Waals surface area contributed by atoms with E-state index in [1.807, 2.05) is 18.2 Å². The van der Waals surface area contributed by atoms with Crippen LogP contribution in [0.2, 0.25) is 0 Å². The third-order valence-corrected chi connectivity index (χ3v) is 9.59. The number of unbranched alkanes of at least 4 members (excludes halogenated alkanes) is 18. The lowest BCUT2D eigenvalue weighted by molar-refractivity contribution is -0.161. The first-order valence-corrected chi connectivity index (χ1v) is 22.1. The summed E-state index contributed by atoms with van der Waals surface area (Å²) < 4.78 is 32.6. The number of ether oxygens (including phenoxy) is 2. The van der Waals surface area contributed by atoms with E-state index >= 15 is 0 Å². The fraction of sp³-hybridized carbons (Fsp3) is 0.805. The second kappa shape index (κ2) is 37.5. The van der Waals surface area contributed by atoms with Crippen LogP contribution < -0.4 is 5.73 Å². The molecule has 3 atom stereocenters. The number of rotatable bonds is 38. The Morgan fingerprint density at radius 2 is 1.17 bits per heavy atom. The molecule has 0 aliphatic rings. The monoisotopic (exact) mass is 758 g/mol. The zero-order valence-electron chi connectivity index (χ0n) is 32.9. The van der Waals surface area contributed by atoms with Gasteiger partial charge in [-0.3, -0.25) is 18.6 Å². The maximum atomic E-state index is 12.6. The number of hydrogen-bond donors (Lipinski definition) is 3. The Kier molecular flexibility index (Phi) is 36.2. The zero-order valence-corrected chi connectivity index (χ0v) is 33.8. The van der Waals surface area contributed by atoms with E-state index in [4.69, 9.17) is 24.3 Å². The molecule has 0 aromatic heterocycles. The van der Waals surface area contributed by atoms with E-state index in [2.05, 4.69) is 32.1 Å². The lowest BCUT2D eigenvalue weighted by Crippen LogP contribution is -2.29. The largest absolute Gasteiger partial charge is 0.472 e. The molecule has 0 fully saturated rings. The molecule has 52 heavy (non-hydrogen) atoms. The number of phosphoric acid groups is 1. The number of carbonyl (C=O) groups is 2. The van der Waals surface area contributed by atoms with Gasteiger partial charge in [-0.25, -0.2) is 4.57 Å². The van der Waals surface area contributed by atoms with Gasteiger partial charge in [0.05, 0.1) is 19.3 Å². The highest BCUT2D eigenvalue weighted by molar-refractivity contribution is 7.47. The molecule has 0 radical (unpaired) electrons. The summed E-state index contributed by atoms with van der Waals surface area (Å²) in [4.78, 5) is 34.8. The van der Waals surface area contributed by atoms with E-state index < -0.39 is 38.6 Å². The molecule has 0 amide bonds. The van der Waals surface area contributed by atoms with Gasteiger partial charge in [0, 0.05) is 19.4 Å². The van der Waals surface area contributed by atoms with Gasteiger partial charge in [-0.15, -0.1) is 0 Å². The van der Waals surface area contributed by atoms with E-state index in [-0.39, 0.29) is 32.6 Å². The Labute approximate surface area is 317 Å². The normalized spacial score (nSPS) is 14.3. The van der Waals surface area contributed by atoms with Gasteiger partial charge in [-0.05, 0) is 57.8 Å². The molecule has 0 rings (SSSR count). The van der Waals surface area contributed by atoms with E-state index in [1.54, 1.807) is 0 Å². The standard InChI is InChI=1S/C41H76NO9P/c1-3-5-7-9-11-12-13-14-15-16-17-18-20-24-28-32-40(44)48-36-39(37-50-52(46,47)49-35-34-42)51-41(45)33-29-25-21-23-27-31-38(43)30-26-22-19-10-8-6-4-2/h14-15,19,22,26,30,38-39,43H,3-13,16-18,20-21,23-25,27-29,31-37,42H2,1-2H3,(H,46,47). The molecule has 10 nitrogen and oxygen atoms in total. The minimum atomic E-state index is -4.40. The second-order valence-corrected chi connectivity index (χ2v) is 15.2. The van der Waals surface area contributed by atoms with Gasteiger partial charge in [0.1, 0.15) is 6.61 Å². The minimum absolute atomic E-state index is 0.0365. The Balaban J connectivity index is 4.29. The third-order valence-electron chi connectivity index (χ3n) is 8.60. The molecule has 0 bridgehead atoms. The molecule has 4 N–H and O–H groups in total. The first kappa shape index (κ1) is 50.2. The van der Waals surface area contributed by atoms with Crippen LogP contribution in [0.5, 0.6) is 0 Å². The summed E-state index contributed by atoms with van der Waals surface area (Å²) in [6.07, 6.45) is 36.2. The Morgan fingerprint density at radius 1 is 0.654 bits per heavy atom. The molecule has 0 saturated heterocycles. The molecule has 304 valence electrons. The number of esters is 2. The van der Waals surface area contributed by atoms with E-state index in [1.165, 1.54) is 64.2 Å². The topological polar surface area (TPSA) is 155 Å². The van der Waals surface area contributed by atoms with Crippen molar-refractivity contribution in [3.05, 3.63) is 36.5 Å². The van der Waals surface area contributed by atoms with Crippen LogP contribution >= 0.6 is 7.82 Å². The summed E-state index contributed by atoms with van der Waals surface area (Å²) in [5.41, 5.74) is 5.33. The molecular formula is C41H76NO9P. The second-order valence-electron chi connectivity index (χ2n) is 13.7. The molecule has 11 heteroatoms. The summed E-state index contributed by atoms with van der Waals surface area (Å²) in [7, 11) is -4.40. The lowest BCUT2D eigenvalue weighted by Gasteiger charge is -2.19. The van der Waals surface area contributed by atoms with Crippen LogP contribution in [0.3, 0.4) is 0 Å². The highest BCUT2D eigenvalue weighted by atomic mass is 31.2. The predicted octanol–water partition coefficient (Wildman–Crippen LogP) is 10.4. The number of aliphatic hydroxyl groups excluding tert-OH is 1. The highest BCUT2D eigenvalue weighted by Crippen LogP contribution is 2.43. The minimum Gasteiger partial charge on any atom is -0.462 e. The lowest BCUT2D eigenvalue weighted by atomic mass is 10.1. The number of nitrogens with two attached hydrogens (primary N) is 1. The van der Waals surface area contributed by atoms with E-state index in [0.717, 1.165) is 64.2 Å².